The molecule has 1 unspecified atom stereocenters. The smallest absolute Gasteiger partial charge is 0.319 e. The van der Waals surface area contributed by atoms with Gasteiger partial charge >= 0.3 is 12.0 Å². The Morgan fingerprint density at radius 3 is 2.54 bits per heavy atom. The van der Waals surface area contributed by atoms with Crippen LogP contribution < -0.4 is 35.2 Å². The van der Waals surface area contributed by atoms with Crippen LogP contribution in [0.1, 0.15) is 64.8 Å². The summed E-state index contributed by atoms with van der Waals surface area (Å²) in [4.78, 5) is 84.4. The molecule has 18 nitrogen and oxygen atoms in total. The molecule has 5 aliphatic rings. The standard InChI is InChI=1S/C54H55Cl2N11O7/c1-32(30-73-46-25-36(12-14-41(46)55)59-53(72)58-26-33-11-13-39-35(24-33)27-67(52(39)71)45-15-16-47(68)61-50(45)69)51(70)66-23-22-65(28-37(66)17-19-57)49-40-18-21-64(44-10-4-7-34-6-3-9-42(56)48(34)44)29-43(40)60-54(62-49)74-31-38-8-5-20-63(38)2/h3-4,6-7,9-14,24-25,37-38,45H,1,5,8,15-18,20-23,26-31H2,2H3,(H2,58,59,72)(H,61,68,69)/t37-,38-,45?/m0/s1. The number of likely N-dealkylation sites (tertiary alicyclic amines) is 1. The van der Waals surface area contributed by atoms with E-state index in [4.69, 9.17) is 42.6 Å². The highest BCUT2D eigenvalue weighted by molar-refractivity contribution is 6.36. The number of carbonyl (C=O) groups excluding carboxylic acids is 5. The van der Waals surface area contributed by atoms with E-state index < -0.39 is 24.0 Å². The van der Waals surface area contributed by atoms with Gasteiger partial charge in [0.25, 0.3) is 11.8 Å². The number of carbonyl (C=O) groups is 5. The SMILES string of the molecule is C=C(COc1cc(NC(=O)NCc2ccc3c(c2)CN(C2CCC(=O)NC2=O)C3=O)ccc1Cl)C(=O)N1CCN(c2nc(OC[C@@H]3CCCN3C)nc3c2CCN(c2cccc4cccc(Cl)c24)C3)C[C@@H]1CC#N. The number of nitrogens with zero attached hydrogens (tertiary/aromatic N) is 8. The Hall–Kier alpha value is -7.46. The van der Waals surface area contributed by atoms with Crippen molar-refractivity contribution < 1.29 is 33.4 Å². The van der Waals surface area contributed by atoms with Gasteiger partial charge in [-0.05, 0) is 86.1 Å². The number of hydrogen-bond acceptors (Lipinski definition) is 13. The normalized spacial score (nSPS) is 19.7. The number of hydrogen-bond donors (Lipinski definition) is 3. The van der Waals surface area contributed by atoms with Crippen molar-refractivity contribution >= 4 is 80.8 Å². The Labute approximate surface area is 438 Å². The Bertz CT molecular complexity index is 3120. The minimum Gasteiger partial charge on any atom is -0.487 e. The summed E-state index contributed by atoms with van der Waals surface area (Å²) in [6.45, 7) is 8.01. The minimum atomic E-state index is -0.723. The largest absolute Gasteiger partial charge is 0.487 e. The first-order valence-corrected chi connectivity index (χ1v) is 25.6. The van der Waals surface area contributed by atoms with E-state index >= 15 is 0 Å². The fourth-order valence-corrected chi connectivity index (χ4v) is 11.1. The highest BCUT2D eigenvalue weighted by Crippen LogP contribution is 2.38. The van der Waals surface area contributed by atoms with Gasteiger partial charge in [0.15, 0.2) is 0 Å². The molecule has 74 heavy (non-hydrogen) atoms. The summed E-state index contributed by atoms with van der Waals surface area (Å²) >= 11 is 13.3. The molecule has 1 aromatic heterocycles. The Balaban J connectivity index is 0.769. The van der Waals surface area contributed by atoms with E-state index in [2.05, 4.69) is 68.5 Å². The van der Waals surface area contributed by atoms with E-state index in [0.29, 0.717) is 68.0 Å². The summed E-state index contributed by atoms with van der Waals surface area (Å²) in [5, 5.41) is 20.9. The maximum absolute atomic E-state index is 14.1. The van der Waals surface area contributed by atoms with Crippen LogP contribution in [-0.4, -0.2) is 125 Å². The van der Waals surface area contributed by atoms with Gasteiger partial charge in [-0.3, -0.25) is 24.5 Å². The van der Waals surface area contributed by atoms with E-state index in [1.807, 2.05) is 24.3 Å². The van der Waals surface area contributed by atoms with Crippen LogP contribution in [0, 0.1) is 11.3 Å². The number of likely N-dealkylation sites (N-methyl/N-ethyl adjacent to an activating group) is 1. The average molecular weight is 1040 g/mol. The van der Waals surface area contributed by atoms with Gasteiger partial charge in [0.1, 0.15) is 30.8 Å². The monoisotopic (exact) mass is 1040 g/mol. The first kappa shape index (κ1) is 50.1. The number of imide groups is 1. The number of amides is 6. The number of nitrogens with one attached hydrogen (secondary N) is 3. The number of piperazine rings is 1. The molecule has 0 bridgehead atoms. The zero-order valence-electron chi connectivity index (χ0n) is 40.9. The van der Waals surface area contributed by atoms with Crippen molar-refractivity contribution in [3.05, 3.63) is 123 Å². The summed E-state index contributed by atoms with van der Waals surface area (Å²) in [5.74, 6) is -0.502. The Kier molecular flexibility index (Phi) is 14.6. The summed E-state index contributed by atoms with van der Waals surface area (Å²) in [7, 11) is 2.11. The Morgan fingerprint density at radius 2 is 1.74 bits per heavy atom. The van der Waals surface area contributed by atoms with E-state index in [0.717, 1.165) is 64.0 Å². The number of anilines is 3. The van der Waals surface area contributed by atoms with Crippen LogP contribution in [0.2, 0.25) is 10.0 Å². The predicted octanol–water partition coefficient (Wildman–Crippen LogP) is 6.62. The van der Waals surface area contributed by atoms with Crippen molar-refractivity contribution in [3.63, 3.8) is 0 Å². The first-order valence-electron chi connectivity index (χ1n) is 24.8. The number of rotatable bonds is 14. The molecular formula is C54H55Cl2N11O7. The molecule has 6 heterocycles. The van der Waals surface area contributed by atoms with Gasteiger partial charge in [0.05, 0.1) is 40.8 Å². The second kappa shape index (κ2) is 21.6. The second-order valence-corrected chi connectivity index (χ2v) is 20.1. The number of urea groups is 1. The quantitative estimate of drug-likeness (QED) is 0.0791. The molecule has 0 aliphatic carbocycles. The fourth-order valence-electron chi connectivity index (χ4n) is 10.6. The number of halogens is 2. The molecule has 0 spiro atoms. The molecule has 5 aromatic rings. The number of ether oxygens (including phenoxy) is 2. The molecule has 6 amide bonds. The summed E-state index contributed by atoms with van der Waals surface area (Å²) in [6, 6.07) is 23.2. The topological polar surface area (TPSA) is 206 Å². The molecule has 20 heteroatoms. The van der Waals surface area contributed by atoms with Crippen LogP contribution in [0.25, 0.3) is 10.8 Å². The van der Waals surface area contributed by atoms with Crippen LogP contribution in [0.4, 0.5) is 22.0 Å². The zero-order chi connectivity index (χ0) is 51.6. The van der Waals surface area contributed by atoms with Crippen LogP contribution >= 0.6 is 23.2 Å². The van der Waals surface area contributed by atoms with Gasteiger partial charge in [0, 0.05) is 91.3 Å². The Morgan fingerprint density at radius 1 is 0.905 bits per heavy atom. The van der Waals surface area contributed by atoms with Crippen molar-refractivity contribution in [1.82, 2.24) is 35.3 Å². The highest BCUT2D eigenvalue weighted by atomic mass is 35.5. The van der Waals surface area contributed by atoms with Gasteiger partial charge < -0.3 is 44.6 Å². The molecule has 382 valence electrons. The minimum absolute atomic E-state index is 0.0769. The van der Waals surface area contributed by atoms with Crippen molar-refractivity contribution in [2.24, 2.45) is 0 Å². The lowest BCUT2D eigenvalue weighted by Gasteiger charge is -2.42. The number of benzene rings is 4. The number of piperidine rings is 1. The molecule has 3 atom stereocenters. The van der Waals surface area contributed by atoms with Gasteiger partial charge in [0.2, 0.25) is 11.8 Å². The third-order valence-electron chi connectivity index (χ3n) is 14.6. The zero-order valence-corrected chi connectivity index (χ0v) is 42.4. The van der Waals surface area contributed by atoms with Crippen molar-refractivity contribution in [2.75, 3.05) is 68.1 Å². The molecule has 3 fully saturated rings. The molecule has 3 N–H and O–H groups in total. The third-order valence-corrected chi connectivity index (χ3v) is 15.2. The molecule has 0 saturated carbocycles. The molecule has 10 rings (SSSR count). The van der Waals surface area contributed by atoms with Gasteiger partial charge in [-0.25, -0.2) is 4.79 Å². The summed E-state index contributed by atoms with van der Waals surface area (Å²) in [6.07, 6.45) is 3.30. The number of fused-ring (bicyclic) bond motifs is 3. The first-order chi connectivity index (χ1) is 35.8. The van der Waals surface area contributed by atoms with Gasteiger partial charge in [-0.15, -0.1) is 0 Å². The van der Waals surface area contributed by atoms with Crippen LogP contribution in [0.3, 0.4) is 0 Å². The lowest BCUT2D eigenvalue weighted by Crippen LogP contribution is -2.56. The third kappa shape index (κ3) is 10.5. The average Bonchev–Trinajstić information content (AvgIpc) is 3.97. The number of aromatic nitrogens is 2. The van der Waals surface area contributed by atoms with Gasteiger partial charge in [-0.1, -0.05) is 66.2 Å². The number of nitriles is 1. The van der Waals surface area contributed by atoms with Crippen molar-refractivity contribution in [3.8, 4) is 17.8 Å². The molecular weight excluding hydrogens is 986 g/mol. The second-order valence-electron chi connectivity index (χ2n) is 19.3. The summed E-state index contributed by atoms with van der Waals surface area (Å²) < 4.78 is 12.4. The van der Waals surface area contributed by atoms with Crippen molar-refractivity contribution in [1.29, 1.82) is 5.26 Å². The highest BCUT2D eigenvalue weighted by Gasteiger charge is 2.40. The predicted molar refractivity (Wildman–Crippen MR) is 279 cm³/mol. The van der Waals surface area contributed by atoms with E-state index in [-0.39, 0.29) is 79.1 Å². The maximum atomic E-state index is 14.1. The lowest BCUT2D eigenvalue weighted by molar-refractivity contribution is -0.137. The molecule has 3 saturated heterocycles. The molecule has 0 radical (unpaired) electrons. The maximum Gasteiger partial charge on any atom is 0.319 e. The van der Waals surface area contributed by atoms with Crippen LogP contribution in [0.5, 0.6) is 11.8 Å². The van der Waals surface area contributed by atoms with E-state index in [9.17, 15) is 29.2 Å². The molecule has 4 aromatic carbocycles. The van der Waals surface area contributed by atoms with E-state index in [1.54, 1.807) is 35.2 Å². The lowest BCUT2D eigenvalue weighted by atomic mass is 10.0. The van der Waals surface area contributed by atoms with E-state index in [1.165, 1.54) is 4.90 Å². The van der Waals surface area contributed by atoms with Crippen LogP contribution in [0.15, 0.2) is 84.9 Å². The van der Waals surface area contributed by atoms with Gasteiger partial charge in [-0.2, -0.15) is 15.2 Å². The fraction of sp³-hybridized carbons (Fsp3) is 0.370. The summed E-state index contributed by atoms with van der Waals surface area (Å²) in [5.41, 5.74) is 5.37. The van der Waals surface area contributed by atoms with Crippen molar-refractivity contribution in [2.45, 2.75) is 76.3 Å². The van der Waals surface area contributed by atoms with Crippen LogP contribution in [-0.2, 0) is 40.4 Å². The molecule has 5 aliphatic heterocycles.